The molecular weight excluding hydrogens is 562 g/mol. The highest BCUT2D eigenvalue weighted by Crippen LogP contribution is 2.32. The molecule has 4 aromatic rings. The highest BCUT2D eigenvalue weighted by Gasteiger charge is 2.37. The summed E-state index contributed by atoms with van der Waals surface area (Å²) in [4.78, 5) is 54.8. The largest absolute Gasteiger partial charge is 0.465 e. The van der Waals surface area contributed by atoms with Crippen LogP contribution in [0.3, 0.4) is 0 Å². The average Bonchev–Trinajstić information content (AvgIpc) is 3.59. The molecule has 42 heavy (non-hydrogen) atoms. The van der Waals surface area contributed by atoms with E-state index < -0.39 is 23.7 Å². The Morgan fingerprint density at radius 2 is 1.86 bits per heavy atom. The fourth-order valence-electron chi connectivity index (χ4n) is 4.40. The number of carbonyl (C=O) groups is 3. The van der Waals surface area contributed by atoms with Crippen LogP contribution in [0.25, 0.3) is 10.5 Å². The number of nitrogens with one attached hydrogen (secondary N) is 1. The summed E-state index contributed by atoms with van der Waals surface area (Å²) in [5.74, 6) is -2.51. The van der Waals surface area contributed by atoms with E-state index in [4.69, 9.17) is 32.7 Å². The number of Topliss-reactive ketones (excluding diaryl/α,β-unsaturated/α-hetero) is 1. The number of anilines is 1. The normalized spacial score (nSPS) is 11.3. The lowest BCUT2D eigenvalue weighted by molar-refractivity contribution is -0.282. The Balaban J connectivity index is 1.97. The van der Waals surface area contributed by atoms with Gasteiger partial charge in [-0.05, 0) is 36.8 Å². The second kappa shape index (κ2) is 13.0. The molecule has 2 aromatic heterocycles. The van der Waals surface area contributed by atoms with Crippen molar-refractivity contribution < 1.29 is 28.9 Å². The number of carbonyl (C=O) groups excluding carboxylic acids is 3. The number of aryl methyl sites for hydroxylation is 1. The molecule has 0 aliphatic carbocycles. The van der Waals surface area contributed by atoms with Gasteiger partial charge in [0.1, 0.15) is 12.3 Å². The molecule has 12 heteroatoms. The molecule has 0 fully saturated rings. The summed E-state index contributed by atoms with van der Waals surface area (Å²) in [6.45, 7) is 9.03. The monoisotopic (exact) mass is 585 g/mol. The number of hydrogen-bond donors (Lipinski definition) is 1. The van der Waals surface area contributed by atoms with E-state index >= 15 is 0 Å². The van der Waals surface area contributed by atoms with E-state index in [9.17, 15) is 19.6 Å². The molecular formula is C30H24ClN5O6. The molecule has 0 spiro atoms. The number of nitriles is 1. The van der Waals surface area contributed by atoms with Gasteiger partial charge in [-0.1, -0.05) is 35.9 Å². The summed E-state index contributed by atoms with van der Waals surface area (Å²) in [5, 5.41) is 12.5. The molecule has 0 saturated carbocycles. The number of amides is 1. The number of aromatic nitrogens is 2. The van der Waals surface area contributed by atoms with E-state index in [1.165, 1.54) is 34.8 Å². The molecule has 1 amide bonds. The lowest BCUT2D eigenvalue weighted by Crippen LogP contribution is -2.34. The van der Waals surface area contributed by atoms with Gasteiger partial charge in [0.15, 0.2) is 6.04 Å². The lowest BCUT2D eigenvalue weighted by Gasteiger charge is -2.20. The SMILES string of the molecule is [C-]#[N+]c1cn(C(C(=O)Nc2cc(C)ccc2Cl)C(=O)c2c(C(=O)OC)c(COOC)cn2-c2ccccc2)cc1C#N. The average molecular weight is 586 g/mol. The number of ether oxygens (including phenoxy) is 1. The molecule has 2 aromatic carbocycles. The topological polar surface area (TPSA) is 129 Å². The van der Waals surface area contributed by atoms with Gasteiger partial charge in [-0.3, -0.25) is 9.59 Å². The third-order valence-corrected chi connectivity index (χ3v) is 6.64. The second-order valence-electron chi connectivity index (χ2n) is 8.97. The summed E-state index contributed by atoms with van der Waals surface area (Å²) in [6, 6.07) is 13.9. The third kappa shape index (κ3) is 5.94. The zero-order chi connectivity index (χ0) is 30.4. The van der Waals surface area contributed by atoms with Crippen LogP contribution in [-0.2, 0) is 25.9 Å². The van der Waals surface area contributed by atoms with E-state index in [1.807, 2.05) is 6.07 Å². The number of hydrogen-bond acceptors (Lipinski definition) is 7. The smallest absolute Gasteiger partial charge is 0.340 e. The van der Waals surface area contributed by atoms with E-state index in [0.29, 0.717) is 5.69 Å². The van der Waals surface area contributed by atoms with Crippen molar-refractivity contribution in [2.75, 3.05) is 19.5 Å². The minimum Gasteiger partial charge on any atom is -0.465 e. The van der Waals surface area contributed by atoms with E-state index in [0.717, 1.165) is 12.7 Å². The minimum atomic E-state index is -1.68. The number of ketones is 1. The van der Waals surface area contributed by atoms with Crippen molar-refractivity contribution in [2.45, 2.75) is 19.6 Å². The van der Waals surface area contributed by atoms with Crippen LogP contribution in [0.2, 0.25) is 5.02 Å². The van der Waals surface area contributed by atoms with Crippen molar-refractivity contribution >= 4 is 40.6 Å². The highest BCUT2D eigenvalue weighted by atomic mass is 35.5. The Morgan fingerprint density at radius 3 is 2.48 bits per heavy atom. The zero-order valence-corrected chi connectivity index (χ0v) is 23.5. The highest BCUT2D eigenvalue weighted by molar-refractivity contribution is 6.34. The summed E-state index contributed by atoms with van der Waals surface area (Å²) >= 11 is 6.32. The molecule has 11 nitrogen and oxygen atoms in total. The molecule has 0 aliphatic heterocycles. The molecule has 2 heterocycles. The van der Waals surface area contributed by atoms with Gasteiger partial charge >= 0.3 is 5.97 Å². The van der Waals surface area contributed by atoms with Crippen molar-refractivity contribution in [2.24, 2.45) is 0 Å². The molecule has 212 valence electrons. The van der Waals surface area contributed by atoms with Gasteiger partial charge in [-0.25, -0.2) is 19.4 Å². The van der Waals surface area contributed by atoms with Gasteiger partial charge in [-0.15, -0.1) is 0 Å². The Kier molecular flexibility index (Phi) is 9.20. The Labute approximate surface area is 246 Å². The minimum absolute atomic E-state index is 0.0370. The molecule has 1 unspecified atom stereocenters. The Hall–Kier alpha value is -5.20. The second-order valence-corrected chi connectivity index (χ2v) is 9.38. The summed E-state index contributed by atoms with van der Waals surface area (Å²) in [5.41, 5.74) is 1.38. The Bertz CT molecular complexity index is 1710. The fraction of sp³-hybridized carbons (Fsp3) is 0.167. The summed E-state index contributed by atoms with van der Waals surface area (Å²) < 4.78 is 7.64. The molecule has 1 N–H and O–H groups in total. The molecule has 0 radical (unpaired) electrons. The number of halogens is 1. The molecule has 4 rings (SSSR count). The van der Waals surface area contributed by atoms with Gasteiger partial charge in [0.2, 0.25) is 11.5 Å². The number of benzene rings is 2. The van der Waals surface area contributed by atoms with Crippen LogP contribution in [-0.4, -0.2) is 41.0 Å². The number of rotatable bonds is 10. The van der Waals surface area contributed by atoms with Crippen LogP contribution < -0.4 is 5.32 Å². The number of para-hydroxylation sites is 1. The van der Waals surface area contributed by atoms with Gasteiger partial charge in [-0.2, -0.15) is 5.26 Å². The van der Waals surface area contributed by atoms with Crippen molar-refractivity contribution in [3.8, 4) is 11.8 Å². The maximum absolute atomic E-state index is 14.6. The summed E-state index contributed by atoms with van der Waals surface area (Å²) in [6.07, 6.45) is 3.98. The first kappa shape index (κ1) is 29.8. The van der Waals surface area contributed by atoms with Crippen molar-refractivity contribution in [3.05, 3.63) is 112 Å². The number of esters is 1. The molecule has 0 bridgehead atoms. The molecule has 0 saturated heterocycles. The standard InChI is InChI=1S/C30H24ClN5O6/c1-18-10-11-22(31)23(12-18)34-29(38)27(35-14-19(13-32)24(16-35)33-2)28(37)26-25(30(39)40-3)20(17-42-41-4)15-36(26)21-8-6-5-7-9-21/h5-12,14-16,27H,17H2,1,3-4H3,(H,34,38). The van der Waals surface area contributed by atoms with Crippen molar-refractivity contribution in [1.82, 2.24) is 9.13 Å². The van der Waals surface area contributed by atoms with Gasteiger partial charge in [0, 0.05) is 29.8 Å². The quantitative estimate of drug-likeness (QED) is 0.0641. The predicted octanol–water partition coefficient (Wildman–Crippen LogP) is 5.59. The third-order valence-electron chi connectivity index (χ3n) is 6.31. The lowest BCUT2D eigenvalue weighted by atomic mass is 10.0. The first-order chi connectivity index (χ1) is 20.2. The van der Waals surface area contributed by atoms with Gasteiger partial charge < -0.3 is 19.2 Å². The van der Waals surface area contributed by atoms with E-state index in [1.54, 1.807) is 55.5 Å². The molecule has 1 atom stereocenters. The van der Waals surface area contributed by atoms with Crippen LogP contribution in [0.15, 0.2) is 67.1 Å². The van der Waals surface area contributed by atoms with Crippen molar-refractivity contribution in [3.63, 3.8) is 0 Å². The van der Waals surface area contributed by atoms with Crippen LogP contribution >= 0.6 is 11.6 Å². The number of nitrogens with zero attached hydrogens (tertiary/aromatic N) is 4. The van der Waals surface area contributed by atoms with Crippen LogP contribution in [0.1, 0.15) is 43.6 Å². The van der Waals surface area contributed by atoms with Gasteiger partial charge in [0.25, 0.3) is 5.91 Å². The fourth-order valence-corrected chi connectivity index (χ4v) is 4.56. The molecule has 0 aliphatic rings. The maximum Gasteiger partial charge on any atom is 0.340 e. The van der Waals surface area contributed by atoms with Crippen molar-refractivity contribution in [1.29, 1.82) is 5.26 Å². The zero-order valence-electron chi connectivity index (χ0n) is 22.8. The van der Waals surface area contributed by atoms with Crippen LogP contribution in [0.5, 0.6) is 0 Å². The first-order valence-electron chi connectivity index (χ1n) is 12.4. The maximum atomic E-state index is 14.6. The number of methoxy groups -OCH3 is 1. The van der Waals surface area contributed by atoms with E-state index in [-0.39, 0.29) is 45.4 Å². The first-order valence-corrected chi connectivity index (χ1v) is 12.8. The Morgan fingerprint density at radius 1 is 1.12 bits per heavy atom. The summed E-state index contributed by atoms with van der Waals surface area (Å²) in [7, 11) is 2.46. The van der Waals surface area contributed by atoms with Gasteiger partial charge in [0.05, 0.1) is 48.7 Å². The van der Waals surface area contributed by atoms with Crippen LogP contribution in [0, 0.1) is 24.8 Å². The predicted molar refractivity (Wildman–Crippen MR) is 153 cm³/mol. The van der Waals surface area contributed by atoms with Crippen LogP contribution in [0.4, 0.5) is 11.4 Å². The van der Waals surface area contributed by atoms with E-state index in [2.05, 4.69) is 10.2 Å².